The van der Waals surface area contributed by atoms with Crippen molar-refractivity contribution >= 4 is 29.0 Å². The summed E-state index contributed by atoms with van der Waals surface area (Å²) < 4.78 is 49.1. The number of hydrogen-bond donors (Lipinski definition) is 2. The van der Waals surface area contributed by atoms with Gasteiger partial charge in [-0.2, -0.15) is 0 Å². The first kappa shape index (κ1) is 26.4. The third-order valence-electron chi connectivity index (χ3n) is 5.96. The van der Waals surface area contributed by atoms with E-state index < -0.39 is 23.5 Å². The average Bonchev–Trinajstić information content (AvgIpc) is 2.89. The molecule has 4 rings (SSSR count). The van der Waals surface area contributed by atoms with Crippen molar-refractivity contribution in [3.05, 3.63) is 92.7 Å². The fourth-order valence-electron chi connectivity index (χ4n) is 4.20. The predicted molar refractivity (Wildman–Crippen MR) is 136 cm³/mol. The second-order valence-corrected chi connectivity index (χ2v) is 8.55. The molecule has 4 aromatic rings. The summed E-state index contributed by atoms with van der Waals surface area (Å²) >= 11 is 0. The van der Waals surface area contributed by atoms with Crippen LogP contribution in [-0.2, 0) is 9.63 Å². The molecule has 0 radical (unpaired) electrons. The summed E-state index contributed by atoms with van der Waals surface area (Å²) in [4.78, 5) is 36.1. The molecular weight excluding hydrogens is 501 g/mol. The maximum Gasteiger partial charge on any atom is 0.320 e. The zero-order chi connectivity index (χ0) is 27.6. The van der Waals surface area contributed by atoms with Gasteiger partial charge in [0.1, 0.15) is 17.2 Å². The quantitative estimate of drug-likeness (QED) is 0.150. The number of aliphatic imine (C=N–C) groups is 1. The van der Waals surface area contributed by atoms with Gasteiger partial charge in [-0.05, 0) is 50.6 Å². The first-order valence-corrected chi connectivity index (χ1v) is 11.4. The Bertz CT molecular complexity index is 1640. The SMILES string of the molecule is CN=C(NOC=O)c1c(NC(C)c2cc(C)cc3c(=O)c(C)c(-c4cncc(F)c4)oc23)ccc(F)c1F. The lowest BCUT2D eigenvalue weighted by atomic mass is 9.98. The highest BCUT2D eigenvalue weighted by Crippen LogP contribution is 2.33. The number of nitrogens with one attached hydrogen (secondary N) is 2. The summed E-state index contributed by atoms with van der Waals surface area (Å²) in [6.07, 6.45) is 2.43. The summed E-state index contributed by atoms with van der Waals surface area (Å²) in [6.45, 7) is 5.20. The minimum atomic E-state index is -1.22. The Morgan fingerprint density at radius 2 is 1.92 bits per heavy atom. The van der Waals surface area contributed by atoms with E-state index in [1.54, 1.807) is 32.9 Å². The lowest BCUT2D eigenvalue weighted by Crippen LogP contribution is -2.27. The summed E-state index contributed by atoms with van der Waals surface area (Å²) in [5.41, 5.74) is 3.81. The van der Waals surface area contributed by atoms with Crippen LogP contribution in [0.2, 0.25) is 0 Å². The van der Waals surface area contributed by atoms with Crippen molar-refractivity contribution in [3.63, 3.8) is 0 Å². The van der Waals surface area contributed by atoms with E-state index in [1.165, 1.54) is 25.4 Å². The molecule has 0 aliphatic rings. The molecule has 0 fully saturated rings. The molecule has 0 aliphatic carbocycles. The molecule has 0 saturated carbocycles. The van der Waals surface area contributed by atoms with Crippen LogP contribution in [0.3, 0.4) is 0 Å². The number of benzene rings is 2. The first-order valence-electron chi connectivity index (χ1n) is 11.4. The minimum Gasteiger partial charge on any atom is -0.455 e. The molecule has 0 amide bonds. The highest BCUT2D eigenvalue weighted by Gasteiger charge is 2.23. The largest absolute Gasteiger partial charge is 0.455 e. The van der Waals surface area contributed by atoms with Crippen LogP contribution in [0.25, 0.3) is 22.3 Å². The number of carbonyl (C=O) groups excluding carboxylic acids is 1. The van der Waals surface area contributed by atoms with Gasteiger partial charge in [-0.3, -0.25) is 19.6 Å². The van der Waals surface area contributed by atoms with Gasteiger partial charge in [-0.25, -0.2) is 18.7 Å². The molecule has 0 aliphatic heterocycles. The minimum absolute atomic E-state index is 0.0761. The van der Waals surface area contributed by atoms with Gasteiger partial charge in [0.25, 0.3) is 0 Å². The van der Waals surface area contributed by atoms with Gasteiger partial charge < -0.3 is 14.6 Å². The molecule has 0 spiro atoms. The van der Waals surface area contributed by atoms with E-state index in [9.17, 15) is 22.8 Å². The molecule has 2 heterocycles. The van der Waals surface area contributed by atoms with Crippen LogP contribution in [0.5, 0.6) is 0 Å². The zero-order valence-corrected chi connectivity index (χ0v) is 20.9. The lowest BCUT2D eigenvalue weighted by Gasteiger charge is -2.21. The summed E-state index contributed by atoms with van der Waals surface area (Å²) in [6, 6.07) is 6.31. The van der Waals surface area contributed by atoms with Crippen LogP contribution in [-0.4, -0.2) is 24.3 Å². The number of anilines is 1. The molecule has 0 saturated heterocycles. The number of fused-ring (bicyclic) bond motifs is 1. The maximum absolute atomic E-state index is 14.9. The van der Waals surface area contributed by atoms with E-state index in [4.69, 9.17) is 4.42 Å². The standard InChI is InChI=1S/C27H23F3N4O4/c1-13-7-18(15(3)33-21-6-5-20(29)23(30)22(21)27(31-4)34-37-12-35)26-19(8-13)24(36)14(2)25(38-26)16-9-17(28)11-32-10-16/h5-12,15,33H,1-4H3,(H,31,34). The van der Waals surface area contributed by atoms with Crippen molar-refractivity contribution in [2.75, 3.05) is 12.4 Å². The number of hydroxylamine groups is 1. The smallest absolute Gasteiger partial charge is 0.320 e. The monoisotopic (exact) mass is 524 g/mol. The third-order valence-corrected chi connectivity index (χ3v) is 5.96. The Morgan fingerprint density at radius 1 is 1.16 bits per heavy atom. The number of pyridine rings is 1. The molecule has 38 heavy (non-hydrogen) atoms. The van der Waals surface area contributed by atoms with Crippen molar-refractivity contribution in [3.8, 4) is 11.3 Å². The van der Waals surface area contributed by atoms with Gasteiger partial charge in [0.2, 0.25) is 0 Å². The molecule has 2 aromatic heterocycles. The van der Waals surface area contributed by atoms with E-state index in [0.717, 1.165) is 17.8 Å². The molecule has 196 valence electrons. The van der Waals surface area contributed by atoms with Crippen LogP contribution >= 0.6 is 0 Å². The Hall–Kier alpha value is -4.67. The van der Waals surface area contributed by atoms with Crippen molar-refractivity contribution < 1.29 is 27.2 Å². The molecule has 8 nitrogen and oxygen atoms in total. The van der Waals surface area contributed by atoms with E-state index in [-0.39, 0.29) is 45.9 Å². The number of rotatable bonds is 7. The van der Waals surface area contributed by atoms with Gasteiger partial charge in [0, 0.05) is 35.6 Å². The number of amidine groups is 1. The molecule has 2 aromatic carbocycles. The fraction of sp³-hybridized carbons (Fsp3) is 0.185. The second-order valence-electron chi connectivity index (χ2n) is 8.55. The molecule has 11 heteroatoms. The van der Waals surface area contributed by atoms with Crippen LogP contribution < -0.4 is 16.2 Å². The van der Waals surface area contributed by atoms with E-state index in [2.05, 4.69) is 25.6 Å². The van der Waals surface area contributed by atoms with E-state index >= 15 is 0 Å². The number of hydrogen-bond acceptors (Lipinski definition) is 7. The lowest BCUT2D eigenvalue weighted by molar-refractivity contribution is -0.132. The summed E-state index contributed by atoms with van der Waals surface area (Å²) in [7, 11) is 1.31. The van der Waals surface area contributed by atoms with Crippen LogP contribution in [0.4, 0.5) is 18.9 Å². The normalized spacial score (nSPS) is 12.3. The van der Waals surface area contributed by atoms with Gasteiger partial charge >= 0.3 is 6.47 Å². The van der Waals surface area contributed by atoms with Crippen LogP contribution in [0.15, 0.2) is 56.9 Å². The topological polar surface area (TPSA) is 106 Å². The Labute approximate surface area is 215 Å². The van der Waals surface area contributed by atoms with Crippen molar-refractivity contribution in [1.82, 2.24) is 10.5 Å². The molecule has 1 unspecified atom stereocenters. The predicted octanol–water partition coefficient (Wildman–Crippen LogP) is 5.12. The molecular formula is C27H23F3N4O4. The van der Waals surface area contributed by atoms with Gasteiger partial charge in [0.05, 0.1) is 23.2 Å². The van der Waals surface area contributed by atoms with Crippen molar-refractivity contribution in [2.45, 2.75) is 26.8 Å². The maximum atomic E-state index is 14.9. The van der Waals surface area contributed by atoms with Crippen LogP contribution in [0, 0.1) is 31.3 Å². The number of aryl methyl sites for hydroxylation is 1. The van der Waals surface area contributed by atoms with E-state index in [0.29, 0.717) is 16.5 Å². The van der Waals surface area contributed by atoms with Crippen molar-refractivity contribution in [1.29, 1.82) is 0 Å². The molecule has 2 N–H and O–H groups in total. The van der Waals surface area contributed by atoms with Crippen molar-refractivity contribution in [2.24, 2.45) is 4.99 Å². The van der Waals surface area contributed by atoms with Crippen LogP contribution in [0.1, 0.15) is 35.2 Å². The summed E-state index contributed by atoms with van der Waals surface area (Å²) in [5, 5.41) is 3.41. The Balaban J connectivity index is 1.87. The first-order chi connectivity index (χ1) is 18.2. The molecule has 1 atom stereocenters. The number of aromatic nitrogens is 1. The van der Waals surface area contributed by atoms with Gasteiger partial charge in [0.15, 0.2) is 22.9 Å². The number of halogens is 3. The number of carbonyl (C=O) groups is 1. The Morgan fingerprint density at radius 3 is 2.61 bits per heavy atom. The number of nitrogens with zero attached hydrogens (tertiary/aromatic N) is 2. The highest BCUT2D eigenvalue weighted by molar-refractivity contribution is 6.03. The Kier molecular flexibility index (Phi) is 7.47. The second kappa shape index (κ2) is 10.8. The average molecular weight is 524 g/mol. The fourth-order valence-corrected chi connectivity index (χ4v) is 4.20. The summed E-state index contributed by atoms with van der Waals surface area (Å²) in [5.74, 6) is -3.02. The van der Waals surface area contributed by atoms with Gasteiger partial charge in [-0.15, -0.1) is 0 Å². The van der Waals surface area contributed by atoms with Gasteiger partial charge in [-0.1, -0.05) is 6.07 Å². The third kappa shape index (κ3) is 4.95. The van der Waals surface area contributed by atoms with E-state index in [1.807, 2.05) is 0 Å². The highest BCUT2D eigenvalue weighted by atomic mass is 19.2. The molecule has 0 bridgehead atoms. The zero-order valence-electron chi connectivity index (χ0n) is 20.9.